The average molecular weight is 363 g/mol. The van der Waals surface area contributed by atoms with E-state index in [1.807, 2.05) is 4.90 Å². The van der Waals surface area contributed by atoms with E-state index in [9.17, 15) is 4.79 Å². The molecule has 134 valence electrons. The van der Waals surface area contributed by atoms with Gasteiger partial charge in [-0.2, -0.15) is 0 Å². The number of methoxy groups -OCH3 is 2. The van der Waals surface area contributed by atoms with Gasteiger partial charge in [-0.15, -0.1) is 10.2 Å². The zero-order valence-electron chi connectivity index (χ0n) is 14.4. The first-order valence-corrected chi connectivity index (χ1v) is 9.16. The third kappa shape index (κ3) is 4.25. The molecule has 0 unspecified atom stereocenters. The second-order valence-electron chi connectivity index (χ2n) is 5.67. The number of piperidine rings is 1. The lowest BCUT2D eigenvalue weighted by Crippen LogP contribution is -2.36. The van der Waals surface area contributed by atoms with Crippen molar-refractivity contribution in [2.75, 3.05) is 33.1 Å². The van der Waals surface area contributed by atoms with Crippen LogP contribution in [0.1, 0.15) is 19.3 Å². The van der Waals surface area contributed by atoms with E-state index >= 15 is 0 Å². The molecule has 0 N–H and O–H groups in total. The number of amides is 1. The highest BCUT2D eigenvalue weighted by atomic mass is 32.2. The fourth-order valence-corrected chi connectivity index (χ4v) is 3.38. The van der Waals surface area contributed by atoms with Gasteiger partial charge in [0.25, 0.3) is 11.1 Å². The molecule has 0 spiro atoms. The molecule has 3 rings (SSSR count). The van der Waals surface area contributed by atoms with Crippen molar-refractivity contribution in [1.82, 2.24) is 15.1 Å². The quantitative estimate of drug-likeness (QED) is 0.730. The van der Waals surface area contributed by atoms with Crippen molar-refractivity contribution in [3.05, 3.63) is 18.2 Å². The maximum absolute atomic E-state index is 12.2. The molecule has 8 heteroatoms. The Morgan fingerprint density at radius 1 is 1.20 bits per heavy atom. The highest BCUT2D eigenvalue weighted by Gasteiger charge is 2.19. The number of benzene rings is 1. The molecule has 1 saturated heterocycles. The van der Waals surface area contributed by atoms with Gasteiger partial charge in [-0.05, 0) is 37.5 Å². The second-order valence-corrected chi connectivity index (χ2v) is 6.60. The van der Waals surface area contributed by atoms with Gasteiger partial charge in [0.1, 0.15) is 11.5 Å². The maximum atomic E-state index is 12.2. The molecule has 0 atom stereocenters. The van der Waals surface area contributed by atoms with Crippen molar-refractivity contribution in [3.8, 4) is 23.0 Å². The first kappa shape index (κ1) is 17.6. The third-order valence-corrected chi connectivity index (χ3v) is 4.87. The van der Waals surface area contributed by atoms with Gasteiger partial charge in [-0.1, -0.05) is 11.8 Å². The van der Waals surface area contributed by atoms with E-state index in [-0.39, 0.29) is 5.91 Å². The summed E-state index contributed by atoms with van der Waals surface area (Å²) in [6.45, 7) is 1.69. The van der Waals surface area contributed by atoms with Crippen LogP contribution in [0.3, 0.4) is 0 Å². The number of nitrogens with zero attached hydrogens (tertiary/aromatic N) is 3. The fraction of sp³-hybridized carbons (Fsp3) is 0.471. The van der Waals surface area contributed by atoms with E-state index in [1.54, 1.807) is 32.4 Å². The summed E-state index contributed by atoms with van der Waals surface area (Å²) in [7, 11) is 3.17. The van der Waals surface area contributed by atoms with Crippen LogP contribution >= 0.6 is 11.8 Å². The predicted octanol–water partition coefficient (Wildman–Crippen LogP) is 2.86. The van der Waals surface area contributed by atoms with Crippen LogP contribution in [-0.2, 0) is 4.79 Å². The minimum absolute atomic E-state index is 0.114. The standard InChI is InChI=1S/C17H21N3O4S/c1-22-12-6-7-14(23-2)13(10-12)16-18-19-17(24-16)25-11-15(21)20-8-4-3-5-9-20/h6-7,10H,3-5,8-9,11H2,1-2H3. The number of hydrogen-bond donors (Lipinski definition) is 0. The maximum Gasteiger partial charge on any atom is 0.277 e. The summed E-state index contributed by atoms with van der Waals surface area (Å²) in [5.41, 5.74) is 0.656. The van der Waals surface area contributed by atoms with E-state index in [2.05, 4.69) is 10.2 Å². The van der Waals surface area contributed by atoms with Gasteiger partial charge in [-0.3, -0.25) is 4.79 Å². The van der Waals surface area contributed by atoms with Crippen LogP contribution in [0, 0.1) is 0 Å². The summed E-state index contributed by atoms with van der Waals surface area (Å²) in [6, 6.07) is 5.36. The minimum atomic E-state index is 0.114. The SMILES string of the molecule is COc1ccc(OC)c(-c2nnc(SCC(=O)N3CCCCC3)o2)c1. The lowest BCUT2D eigenvalue weighted by Gasteiger charge is -2.26. The fourth-order valence-electron chi connectivity index (χ4n) is 2.72. The molecular formula is C17H21N3O4S. The Labute approximate surface area is 150 Å². The topological polar surface area (TPSA) is 77.7 Å². The Morgan fingerprint density at radius 2 is 2.00 bits per heavy atom. The molecule has 0 bridgehead atoms. The van der Waals surface area contributed by atoms with E-state index in [0.29, 0.717) is 33.9 Å². The molecule has 1 aliphatic rings. The minimum Gasteiger partial charge on any atom is -0.497 e. The zero-order chi connectivity index (χ0) is 17.6. The Kier molecular flexibility index (Phi) is 5.80. The number of carbonyl (C=O) groups excluding carboxylic acids is 1. The predicted molar refractivity (Wildman–Crippen MR) is 94.0 cm³/mol. The van der Waals surface area contributed by atoms with E-state index in [1.165, 1.54) is 18.2 Å². The first-order valence-electron chi connectivity index (χ1n) is 8.17. The molecule has 2 heterocycles. The van der Waals surface area contributed by atoms with E-state index < -0.39 is 0 Å². The number of hydrogen-bond acceptors (Lipinski definition) is 7. The zero-order valence-corrected chi connectivity index (χ0v) is 15.2. The van der Waals surface area contributed by atoms with Crippen LogP contribution in [0.2, 0.25) is 0 Å². The molecule has 0 aliphatic carbocycles. The number of carbonyl (C=O) groups is 1. The number of aromatic nitrogens is 2. The molecule has 1 aromatic carbocycles. The molecule has 2 aromatic rings. The molecule has 1 aliphatic heterocycles. The van der Waals surface area contributed by atoms with Crippen LogP contribution in [0.4, 0.5) is 0 Å². The van der Waals surface area contributed by atoms with Gasteiger partial charge in [-0.25, -0.2) is 0 Å². The number of rotatable bonds is 6. The van der Waals surface area contributed by atoms with Gasteiger partial charge < -0.3 is 18.8 Å². The Balaban J connectivity index is 1.67. The van der Waals surface area contributed by atoms with Crippen LogP contribution in [-0.4, -0.2) is 54.1 Å². The molecule has 25 heavy (non-hydrogen) atoms. The highest BCUT2D eigenvalue weighted by Crippen LogP contribution is 2.33. The van der Waals surface area contributed by atoms with Crippen LogP contribution in [0.25, 0.3) is 11.5 Å². The van der Waals surface area contributed by atoms with E-state index in [0.717, 1.165) is 25.9 Å². The molecule has 0 saturated carbocycles. The van der Waals surface area contributed by atoms with Crippen molar-refractivity contribution < 1.29 is 18.7 Å². The second kappa shape index (κ2) is 8.24. The van der Waals surface area contributed by atoms with Crippen LogP contribution in [0.15, 0.2) is 27.8 Å². The number of likely N-dealkylation sites (tertiary alicyclic amines) is 1. The van der Waals surface area contributed by atoms with Crippen LogP contribution in [0.5, 0.6) is 11.5 Å². The molecule has 1 fully saturated rings. The van der Waals surface area contributed by atoms with Crippen molar-refractivity contribution in [2.45, 2.75) is 24.5 Å². The molecule has 0 radical (unpaired) electrons. The van der Waals surface area contributed by atoms with Crippen molar-refractivity contribution >= 4 is 17.7 Å². The summed E-state index contributed by atoms with van der Waals surface area (Å²) in [5, 5.41) is 8.45. The lowest BCUT2D eigenvalue weighted by molar-refractivity contribution is -0.129. The van der Waals surface area contributed by atoms with Crippen molar-refractivity contribution in [3.63, 3.8) is 0 Å². The third-order valence-electron chi connectivity index (χ3n) is 4.07. The first-order chi connectivity index (χ1) is 12.2. The number of ether oxygens (including phenoxy) is 2. The monoisotopic (exact) mass is 363 g/mol. The molecule has 1 aromatic heterocycles. The largest absolute Gasteiger partial charge is 0.497 e. The Bertz CT molecular complexity index is 728. The lowest BCUT2D eigenvalue weighted by atomic mass is 10.1. The highest BCUT2D eigenvalue weighted by molar-refractivity contribution is 7.99. The van der Waals surface area contributed by atoms with Crippen molar-refractivity contribution in [2.24, 2.45) is 0 Å². The summed E-state index contributed by atoms with van der Waals surface area (Å²) < 4.78 is 16.2. The van der Waals surface area contributed by atoms with Crippen LogP contribution < -0.4 is 9.47 Å². The number of thioether (sulfide) groups is 1. The summed E-state index contributed by atoms with van der Waals surface area (Å²) in [4.78, 5) is 14.1. The smallest absolute Gasteiger partial charge is 0.277 e. The molecule has 7 nitrogen and oxygen atoms in total. The van der Waals surface area contributed by atoms with Gasteiger partial charge in [0, 0.05) is 13.1 Å². The van der Waals surface area contributed by atoms with Gasteiger partial charge >= 0.3 is 0 Å². The van der Waals surface area contributed by atoms with Gasteiger partial charge in [0.15, 0.2) is 0 Å². The average Bonchev–Trinajstić information content (AvgIpc) is 3.15. The van der Waals surface area contributed by atoms with Gasteiger partial charge in [0.05, 0.1) is 25.5 Å². The van der Waals surface area contributed by atoms with Gasteiger partial charge in [0.2, 0.25) is 5.91 Å². The summed E-state index contributed by atoms with van der Waals surface area (Å²) in [6.07, 6.45) is 3.36. The Morgan fingerprint density at radius 3 is 2.72 bits per heavy atom. The van der Waals surface area contributed by atoms with E-state index in [4.69, 9.17) is 13.9 Å². The normalized spacial score (nSPS) is 14.4. The summed E-state index contributed by atoms with van der Waals surface area (Å²) >= 11 is 1.26. The summed E-state index contributed by atoms with van der Waals surface area (Å²) in [5.74, 6) is 2.04. The molecular weight excluding hydrogens is 342 g/mol. The van der Waals surface area contributed by atoms with Crippen molar-refractivity contribution in [1.29, 1.82) is 0 Å². The Hall–Kier alpha value is -2.22. The molecule has 1 amide bonds.